The van der Waals surface area contributed by atoms with Crippen molar-refractivity contribution < 1.29 is 0 Å². The fourth-order valence-electron chi connectivity index (χ4n) is 4.13. The minimum atomic E-state index is 1.10. The summed E-state index contributed by atoms with van der Waals surface area (Å²) in [6, 6.07) is 41.9. The molecule has 0 amide bonds. The van der Waals surface area contributed by atoms with Gasteiger partial charge < -0.3 is 5.32 Å². The molecule has 0 bridgehead atoms. The zero-order valence-corrected chi connectivity index (χ0v) is 25.8. The number of hydrogen-bond donors (Lipinski definition) is 1. The third-order valence-corrected chi connectivity index (χ3v) is 6.21. The molecule has 0 atom stereocenters. The van der Waals surface area contributed by atoms with Crippen molar-refractivity contribution in [2.24, 2.45) is 0 Å². The van der Waals surface area contributed by atoms with Crippen molar-refractivity contribution in [3.63, 3.8) is 0 Å². The molecule has 1 nitrogen and oxygen atoms in total. The molecule has 0 saturated carbocycles. The molecule has 0 aliphatic carbocycles. The fraction of sp³-hybridized carbons (Fsp3) is 0.122. The molecule has 214 valence electrons. The van der Waals surface area contributed by atoms with Gasteiger partial charge in [0.2, 0.25) is 0 Å². The third kappa shape index (κ3) is 11.3. The molecule has 0 fully saturated rings. The second-order valence-corrected chi connectivity index (χ2v) is 9.26. The molecule has 5 aromatic rings. The molecular weight excluding hydrogens is 506 g/mol. The minimum absolute atomic E-state index is 1.10. The van der Waals surface area contributed by atoms with E-state index in [4.69, 9.17) is 0 Å². The van der Waals surface area contributed by atoms with Crippen molar-refractivity contribution in [2.45, 2.75) is 34.6 Å². The Bertz CT molecular complexity index is 1660. The van der Waals surface area contributed by atoms with Crippen LogP contribution in [0, 0.1) is 0 Å². The van der Waals surface area contributed by atoms with Crippen LogP contribution in [0.4, 0.5) is 11.4 Å². The Kier molecular flexibility index (Phi) is 15.3. The van der Waals surface area contributed by atoms with E-state index < -0.39 is 0 Å². The summed E-state index contributed by atoms with van der Waals surface area (Å²) in [4.78, 5) is 0. The van der Waals surface area contributed by atoms with Crippen LogP contribution in [0.5, 0.6) is 0 Å². The van der Waals surface area contributed by atoms with E-state index >= 15 is 0 Å². The molecule has 0 aliphatic rings. The van der Waals surface area contributed by atoms with Gasteiger partial charge in [-0.15, -0.1) is 0 Å². The third-order valence-electron chi connectivity index (χ3n) is 6.21. The largest absolute Gasteiger partial charge is 0.356 e. The zero-order chi connectivity index (χ0) is 30.6. The second kappa shape index (κ2) is 19.2. The lowest BCUT2D eigenvalue weighted by atomic mass is 10.1. The highest BCUT2D eigenvalue weighted by Gasteiger charge is 1.99. The Morgan fingerprint density at radius 3 is 1.81 bits per heavy atom. The van der Waals surface area contributed by atoms with Crippen LogP contribution in [0.2, 0.25) is 0 Å². The maximum absolute atomic E-state index is 3.86. The average molecular weight is 552 g/mol. The standard InChI is InChI=1S/C22H17N.C9H10.C8H12.C2H6/c1-2-6-17(7-3-1)19-10-13-21(14-11-19)23-22-15-12-18-8-4-5-9-20(18)16-22;1-3-9-7-5-4-6-8(9)2;1-4-6-8(3)7-5-2;1-2/h1-16,23H;3-7H,2H2,1H3;4-7H,1H2,2-3H3;1-2H3/b;9-3-;7-5-,8-6+;. The first kappa shape index (κ1) is 33.3. The Balaban J connectivity index is 0.000000268. The summed E-state index contributed by atoms with van der Waals surface area (Å²) < 4.78 is 0. The summed E-state index contributed by atoms with van der Waals surface area (Å²) in [6.45, 7) is 17.5. The van der Waals surface area contributed by atoms with Gasteiger partial charge >= 0.3 is 0 Å². The number of rotatable bonds is 5. The molecule has 0 saturated heterocycles. The highest BCUT2D eigenvalue weighted by molar-refractivity contribution is 5.86. The molecular formula is C41H45N. The van der Waals surface area contributed by atoms with Crippen molar-refractivity contribution in [1.29, 1.82) is 0 Å². The van der Waals surface area contributed by atoms with Gasteiger partial charge in [-0.3, -0.25) is 0 Å². The van der Waals surface area contributed by atoms with Crippen LogP contribution >= 0.6 is 0 Å². The zero-order valence-electron chi connectivity index (χ0n) is 25.8. The summed E-state index contributed by atoms with van der Waals surface area (Å²) in [5, 5.41) is 8.30. The normalized spacial score (nSPS) is 10.9. The molecule has 5 rings (SSSR count). The van der Waals surface area contributed by atoms with Gasteiger partial charge in [0.15, 0.2) is 0 Å². The van der Waals surface area contributed by atoms with Crippen molar-refractivity contribution >= 4 is 34.8 Å². The van der Waals surface area contributed by atoms with E-state index in [1.54, 1.807) is 6.08 Å². The van der Waals surface area contributed by atoms with Crippen LogP contribution in [0.3, 0.4) is 0 Å². The van der Waals surface area contributed by atoms with E-state index in [0.29, 0.717) is 0 Å². The average Bonchev–Trinajstić information content (AvgIpc) is 3.04. The van der Waals surface area contributed by atoms with E-state index in [2.05, 4.69) is 122 Å². The van der Waals surface area contributed by atoms with Gasteiger partial charge in [0, 0.05) is 11.4 Å². The van der Waals surface area contributed by atoms with Crippen LogP contribution < -0.4 is 15.8 Å². The first-order valence-electron chi connectivity index (χ1n) is 14.6. The SMILES string of the molecule is C=C/C=C(C)/C=C\C.C=c1cccc/c1=C/C.CC.c1ccc(-c2ccc(Nc3ccc4ccccc4c3)cc2)cc1. The quantitative estimate of drug-likeness (QED) is 0.214. The lowest BCUT2D eigenvalue weighted by molar-refractivity contribution is 1.50. The number of nitrogens with one attached hydrogen (secondary N) is 1. The second-order valence-electron chi connectivity index (χ2n) is 9.26. The van der Waals surface area contributed by atoms with E-state index in [1.165, 1.54) is 32.7 Å². The van der Waals surface area contributed by atoms with Gasteiger partial charge in [0.1, 0.15) is 0 Å². The number of anilines is 2. The van der Waals surface area contributed by atoms with Crippen LogP contribution in [0.1, 0.15) is 34.6 Å². The highest BCUT2D eigenvalue weighted by atomic mass is 14.9. The number of allylic oxidation sites excluding steroid dienone is 5. The van der Waals surface area contributed by atoms with Crippen molar-refractivity contribution in [3.8, 4) is 11.1 Å². The molecule has 1 N–H and O–H groups in total. The molecule has 0 spiro atoms. The summed E-state index contributed by atoms with van der Waals surface area (Å²) in [5.74, 6) is 0. The van der Waals surface area contributed by atoms with Gasteiger partial charge in [-0.2, -0.15) is 0 Å². The summed E-state index contributed by atoms with van der Waals surface area (Å²) >= 11 is 0. The molecule has 0 aliphatic heterocycles. The predicted octanol–water partition coefficient (Wildman–Crippen LogP) is 10.9. The number of fused-ring (bicyclic) bond motifs is 1. The van der Waals surface area contributed by atoms with Crippen LogP contribution in [-0.4, -0.2) is 0 Å². The molecule has 42 heavy (non-hydrogen) atoms. The van der Waals surface area contributed by atoms with Crippen LogP contribution in [0.15, 0.2) is 158 Å². The van der Waals surface area contributed by atoms with Crippen molar-refractivity contribution in [3.05, 3.63) is 168 Å². The monoisotopic (exact) mass is 551 g/mol. The first-order valence-corrected chi connectivity index (χ1v) is 14.6. The van der Waals surface area contributed by atoms with Gasteiger partial charge in [-0.1, -0.05) is 160 Å². The molecule has 0 radical (unpaired) electrons. The number of hydrogen-bond acceptors (Lipinski definition) is 1. The topological polar surface area (TPSA) is 12.0 Å². The lowest BCUT2D eigenvalue weighted by Gasteiger charge is -2.09. The van der Waals surface area contributed by atoms with Gasteiger partial charge in [0.25, 0.3) is 0 Å². The van der Waals surface area contributed by atoms with Gasteiger partial charge in [-0.25, -0.2) is 0 Å². The van der Waals surface area contributed by atoms with E-state index in [1.807, 2.05) is 77.1 Å². The molecule has 0 aromatic heterocycles. The Labute approximate surface area is 253 Å². The minimum Gasteiger partial charge on any atom is -0.356 e. The summed E-state index contributed by atoms with van der Waals surface area (Å²) in [5.41, 5.74) is 5.91. The van der Waals surface area contributed by atoms with Gasteiger partial charge in [-0.05, 0) is 77.4 Å². The predicted molar refractivity (Wildman–Crippen MR) is 191 cm³/mol. The smallest absolute Gasteiger partial charge is 0.0390 e. The van der Waals surface area contributed by atoms with Crippen LogP contribution in [-0.2, 0) is 0 Å². The first-order chi connectivity index (χ1) is 20.5. The Morgan fingerprint density at radius 2 is 1.21 bits per heavy atom. The summed E-state index contributed by atoms with van der Waals surface area (Å²) in [7, 11) is 0. The fourth-order valence-corrected chi connectivity index (χ4v) is 4.13. The highest BCUT2D eigenvalue weighted by Crippen LogP contribution is 2.25. The number of benzene rings is 5. The van der Waals surface area contributed by atoms with E-state index in [9.17, 15) is 0 Å². The summed E-state index contributed by atoms with van der Waals surface area (Å²) in [6.07, 6.45) is 9.87. The van der Waals surface area contributed by atoms with E-state index in [0.717, 1.165) is 16.6 Å². The maximum atomic E-state index is 3.86. The van der Waals surface area contributed by atoms with Gasteiger partial charge in [0.05, 0.1) is 0 Å². The molecule has 1 heteroatoms. The molecule has 5 aromatic carbocycles. The van der Waals surface area contributed by atoms with Crippen LogP contribution in [0.25, 0.3) is 34.6 Å². The Hall–Kier alpha value is -4.88. The van der Waals surface area contributed by atoms with Crippen molar-refractivity contribution in [1.82, 2.24) is 0 Å². The Morgan fingerprint density at radius 1 is 0.643 bits per heavy atom. The maximum Gasteiger partial charge on any atom is 0.0390 e. The van der Waals surface area contributed by atoms with Crippen molar-refractivity contribution in [2.75, 3.05) is 5.32 Å². The molecule has 0 unspecified atom stereocenters. The molecule has 0 heterocycles. The van der Waals surface area contributed by atoms with E-state index in [-0.39, 0.29) is 0 Å². The lowest BCUT2D eigenvalue weighted by Crippen LogP contribution is -2.20.